The first-order valence-corrected chi connectivity index (χ1v) is 9.25. The van der Waals surface area contributed by atoms with E-state index in [9.17, 15) is 8.42 Å². The summed E-state index contributed by atoms with van der Waals surface area (Å²) in [5, 5.41) is 0. The van der Waals surface area contributed by atoms with Crippen LogP contribution in [0.1, 0.15) is 44.6 Å². The molecule has 3 N–H and O–H groups in total. The van der Waals surface area contributed by atoms with Gasteiger partial charge in [0.05, 0.1) is 4.90 Å². The number of hydrogen-bond acceptors (Lipinski definition) is 3. The first-order chi connectivity index (χ1) is 9.94. The molecule has 1 fully saturated rings. The molecule has 6 heteroatoms. The molecule has 1 saturated carbocycles. The molecule has 0 radical (unpaired) electrons. The minimum absolute atomic E-state index is 0.0454. The molecule has 2 rings (SSSR count). The van der Waals surface area contributed by atoms with Crippen LogP contribution in [0.15, 0.2) is 29.2 Å². The zero-order valence-corrected chi connectivity index (χ0v) is 13.8. The smallest absolute Gasteiger partial charge is 0.240 e. The maximum atomic E-state index is 12.5. The quantitative estimate of drug-likeness (QED) is 0.816. The molecule has 2 atom stereocenters. The van der Waals surface area contributed by atoms with Crippen molar-refractivity contribution in [2.45, 2.75) is 50.0 Å². The topological polar surface area (TPSA) is 72.2 Å². The van der Waals surface area contributed by atoms with Crippen molar-refractivity contribution in [3.8, 4) is 0 Å². The molecule has 0 aromatic heterocycles. The van der Waals surface area contributed by atoms with Crippen LogP contribution in [-0.2, 0) is 10.0 Å². The van der Waals surface area contributed by atoms with Crippen LogP contribution in [0.25, 0.3) is 0 Å². The first-order valence-electron chi connectivity index (χ1n) is 7.36. The monoisotopic (exact) mass is 326 g/mol. The third kappa shape index (κ3) is 4.02. The fourth-order valence-corrected chi connectivity index (χ4v) is 4.39. The number of hydrogen-bond donors (Lipinski definition) is 2. The van der Waals surface area contributed by atoms with Gasteiger partial charge in [-0.2, -0.15) is 0 Å². The maximum Gasteiger partial charge on any atom is 0.240 e. The van der Waals surface area contributed by atoms with Gasteiger partial charge in [0.15, 0.2) is 0 Å². The van der Waals surface area contributed by atoms with Crippen LogP contribution in [0.5, 0.6) is 0 Å². The number of sulfonamides is 1. The van der Waals surface area contributed by atoms with Crippen molar-refractivity contribution in [2.75, 3.05) is 0 Å². The molecule has 0 spiro atoms. The molecule has 0 heterocycles. The Morgan fingerprint density at radius 3 is 2.48 bits per heavy atom. The average Bonchev–Trinajstić information content (AvgIpc) is 2.47. The van der Waals surface area contributed by atoms with Gasteiger partial charge in [0, 0.05) is 11.6 Å². The SMILES string of the molecule is CCC1CCCCC1NS(=O)(=O)c1ccc(C(N)=S)cc1. The summed E-state index contributed by atoms with van der Waals surface area (Å²) in [4.78, 5) is 0.535. The lowest BCUT2D eigenvalue weighted by Crippen LogP contribution is -2.41. The van der Waals surface area contributed by atoms with Crippen LogP contribution in [-0.4, -0.2) is 19.4 Å². The molecular formula is C15H22N2O2S2. The first kappa shape index (κ1) is 16.4. The zero-order valence-electron chi connectivity index (χ0n) is 12.2. The van der Waals surface area contributed by atoms with E-state index in [2.05, 4.69) is 11.6 Å². The standard InChI is InChI=1S/C15H22N2O2S2/c1-2-11-5-3-4-6-14(11)17-21(18,19)13-9-7-12(8-10-13)15(16)20/h7-11,14,17H,2-6H2,1H3,(H2,16,20). The van der Waals surface area contributed by atoms with Crippen LogP contribution < -0.4 is 10.5 Å². The van der Waals surface area contributed by atoms with E-state index in [0.717, 1.165) is 25.7 Å². The van der Waals surface area contributed by atoms with Crippen molar-refractivity contribution >= 4 is 27.2 Å². The van der Waals surface area contributed by atoms with E-state index < -0.39 is 10.0 Å². The Balaban J connectivity index is 2.15. The largest absolute Gasteiger partial charge is 0.389 e. The van der Waals surface area contributed by atoms with Crippen molar-refractivity contribution in [1.29, 1.82) is 0 Å². The second kappa shape index (κ2) is 6.85. The summed E-state index contributed by atoms with van der Waals surface area (Å²) in [5.74, 6) is 0.435. The fourth-order valence-electron chi connectivity index (χ4n) is 2.92. The highest BCUT2D eigenvalue weighted by Crippen LogP contribution is 2.28. The van der Waals surface area contributed by atoms with Crippen LogP contribution in [0.2, 0.25) is 0 Å². The highest BCUT2D eigenvalue weighted by Gasteiger charge is 2.28. The average molecular weight is 326 g/mol. The minimum Gasteiger partial charge on any atom is -0.389 e. The Bertz CT molecular complexity index is 597. The molecule has 1 aromatic carbocycles. The summed E-state index contributed by atoms with van der Waals surface area (Å²) in [7, 11) is -3.48. The molecule has 0 saturated heterocycles. The van der Waals surface area contributed by atoms with E-state index in [1.165, 1.54) is 6.42 Å². The van der Waals surface area contributed by atoms with Crippen molar-refractivity contribution in [1.82, 2.24) is 4.72 Å². The van der Waals surface area contributed by atoms with E-state index >= 15 is 0 Å². The van der Waals surface area contributed by atoms with E-state index in [1.807, 2.05) is 0 Å². The number of nitrogens with one attached hydrogen (secondary N) is 1. The van der Waals surface area contributed by atoms with Crippen LogP contribution in [0, 0.1) is 5.92 Å². The highest BCUT2D eigenvalue weighted by atomic mass is 32.2. The zero-order chi connectivity index (χ0) is 15.5. The van der Waals surface area contributed by atoms with E-state index in [0.29, 0.717) is 11.5 Å². The Hall–Kier alpha value is -0.980. The second-order valence-electron chi connectivity index (χ2n) is 5.57. The van der Waals surface area contributed by atoms with Crippen LogP contribution >= 0.6 is 12.2 Å². The molecule has 1 aliphatic rings. The number of benzene rings is 1. The van der Waals surface area contributed by atoms with Crippen LogP contribution in [0.4, 0.5) is 0 Å². The summed E-state index contributed by atoms with van der Waals surface area (Å²) in [5.41, 5.74) is 6.20. The Kier molecular flexibility index (Phi) is 5.35. The van der Waals surface area contributed by atoms with Crippen molar-refractivity contribution in [3.63, 3.8) is 0 Å². The number of nitrogens with two attached hydrogens (primary N) is 1. The lowest BCUT2D eigenvalue weighted by atomic mass is 9.83. The minimum atomic E-state index is -3.48. The Morgan fingerprint density at radius 1 is 1.29 bits per heavy atom. The summed E-state index contributed by atoms with van der Waals surface area (Å²) in [6, 6.07) is 6.45. The number of rotatable bonds is 5. The van der Waals surface area contributed by atoms with Gasteiger partial charge in [-0.1, -0.05) is 50.5 Å². The van der Waals surface area contributed by atoms with E-state index in [1.54, 1.807) is 24.3 Å². The lowest BCUT2D eigenvalue weighted by molar-refractivity contribution is 0.282. The lowest BCUT2D eigenvalue weighted by Gasteiger charge is -2.31. The molecule has 4 nitrogen and oxygen atoms in total. The molecule has 0 aliphatic heterocycles. The normalized spacial score (nSPS) is 22.9. The predicted octanol–water partition coefficient (Wildman–Crippen LogP) is 2.57. The molecule has 21 heavy (non-hydrogen) atoms. The molecule has 0 bridgehead atoms. The molecule has 2 unspecified atom stereocenters. The van der Waals surface area contributed by atoms with Gasteiger partial charge < -0.3 is 5.73 Å². The highest BCUT2D eigenvalue weighted by molar-refractivity contribution is 7.89. The summed E-state index contributed by atoms with van der Waals surface area (Å²) >= 11 is 4.87. The van der Waals surface area contributed by atoms with Gasteiger partial charge in [-0.05, 0) is 30.9 Å². The molecule has 116 valence electrons. The van der Waals surface area contributed by atoms with Gasteiger partial charge >= 0.3 is 0 Å². The van der Waals surface area contributed by atoms with Crippen molar-refractivity contribution < 1.29 is 8.42 Å². The molecule has 1 aromatic rings. The maximum absolute atomic E-state index is 12.5. The van der Waals surface area contributed by atoms with Gasteiger partial charge in [0.1, 0.15) is 4.99 Å². The van der Waals surface area contributed by atoms with Crippen molar-refractivity contribution in [2.24, 2.45) is 11.7 Å². The van der Waals surface area contributed by atoms with Gasteiger partial charge in [-0.3, -0.25) is 0 Å². The van der Waals surface area contributed by atoms with Gasteiger partial charge in [0.2, 0.25) is 10.0 Å². The Labute approximate surface area is 132 Å². The van der Waals surface area contributed by atoms with Gasteiger partial charge in [0.25, 0.3) is 0 Å². The molecule has 0 amide bonds. The summed E-state index contributed by atoms with van der Waals surface area (Å²) < 4.78 is 27.8. The summed E-state index contributed by atoms with van der Waals surface area (Å²) in [6.45, 7) is 2.12. The van der Waals surface area contributed by atoms with E-state index in [4.69, 9.17) is 18.0 Å². The third-order valence-corrected chi connectivity index (χ3v) is 5.93. The predicted molar refractivity (Wildman–Crippen MR) is 88.7 cm³/mol. The molecule has 1 aliphatic carbocycles. The summed E-state index contributed by atoms with van der Waals surface area (Å²) in [6.07, 6.45) is 5.31. The fraction of sp³-hybridized carbons (Fsp3) is 0.533. The van der Waals surface area contributed by atoms with Gasteiger partial charge in [-0.25, -0.2) is 13.1 Å². The second-order valence-corrected chi connectivity index (χ2v) is 7.72. The van der Waals surface area contributed by atoms with Crippen molar-refractivity contribution in [3.05, 3.63) is 29.8 Å². The Morgan fingerprint density at radius 2 is 1.90 bits per heavy atom. The van der Waals surface area contributed by atoms with E-state index in [-0.39, 0.29) is 15.9 Å². The third-order valence-electron chi connectivity index (χ3n) is 4.19. The van der Waals surface area contributed by atoms with Crippen LogP contribution in [0.3, 0.4) is 0 Å². The van der Waals surface area contributed by atoms with Gasteiger partial charge in [-0.15, -0.1) is 0 Å². The number of thiocarbonyl (C=S) groups is 1. The molecular weight excluding hydrogens is 304 g/mol.